The fourth-order valence-corrected chi connectivity index (χ4v) is 3.25. The number of hydrogen-bond donors (Lipinski definition) is 1. The summed E-state index contributed by atoms with van der Waals surface area (Å²) in [5.41, 5.74) is 1.34. The highest BCUT2D eigenvalue weighted by molar-refractivity contribution is 7.90. The van der Waals surface area contributed by atoms with Crippen LogP contribution in [0.1, 0.15) is 49.2 Å². The van der Waals surface area contributed by atoms with Gasteiger partial charge in [0.05, 0.1) is 22.6 Å². The Kier molecular flexibility index (Phi) is 6.42. The van der Waals surface area contributed by atoms with Gasteiger partial charge in [-0.05, 0) is 50.1 Å². The van der Waals surface area contributed by atoms with Crippen molar-refractivity contribution in [1.82, 2.24) is 5.32 Å². The lowest BCUT2D eigenvalue weighted by Gasteiger charge is -2.19. The second kappa shape index (κ2) is 8.36. The third-order valence-corrected chi connectivity index (χ3v) is 5.05. The number of carbonyl (C=O) groups is 1. The second-order valence-corrected chi connectivity index (χ2v) is 8.45. The molecule has 1 atom stereocenters. The number of nitrogens with one attached hydrogen (secondary N) is 1. The first-order valence-electron chi connectivity index (χ1n) is 8.59. The Hall–Kier alpha value is -2.34. The van der Waals surface area contributed by atoms with Gasteiger partial charge in [-0.15, -0.1) is 0 Å². The molecular weight excluding hydrogens is 350 g/mol. The van der Waals surface area contributed by atoms with Crippen molar-refractivity contribution in [2.24, 2.45) is 0 Å². The quantitative estimate of drug-likeness (QED) is 0.800. The number of amides is 1. The zero-order chi connectivity index (χ0) is 19.3. The van der Waals surface area contributed by atoms with Crippen LogP contribution in [0.2, 0.25) is 0 Å². The van der Waals surface area contributed by atoms with Crippen LogP contribution in [-0.2, 0) is 9.84 Å². The van der Waals surface area contributed by atoms with Gasteiger partial charge < -0.3 is 10.1 Å². The summed E-state index contributed by atoms with van der Waals surface area (Å²) in [6.07, 6.45) is 1.82. The highest BCUT2D eigenvalue weighted by Gasteiger charge is 2.18. The molecule has 2 aromatic rings. The molecule has 1 amide bonds. The molecule has 0 aromatic heterocycles. The number of para-hydroxylation sites is 1. The zero-order valence-corrected chi connectivity index (χ0v) is 16.3. The Morgan fingerprint density at radius 2 is 1.69 bits per heavy atom. The summed E-state index contributed by atoms with van der Waals surface area (Å²) in [6.45, 7) is 5.78. The van der Waals surface area contributed by atoms with Crippen LogP contribution in [-0.4, -0.2) is 26.7 Å². The Morgan fingerprint density at radius 3 is 2.23 bits per heavy atom. The van der Waals surface area contributed by atoms with E-state index in [9.17, 15) is 13.2 Å². The lowest BCUT2D eigenvalue weighted by molar-refractivity contribution is 0.0929. The predicted octanol–water partition coefficient (Wildman–Crippen LogP) is 3.76. The van der Waals surface area contributed by atoms with E-state index in [0.29, 0.717) is 17.7 Å². The van der Waals surface area contributed by atoms with Crippen molar-refractivity contribution in [3.05, 3.63) is 59.7 Å². The van der Waals surface area contributed by atoms with E-state index in [4.69, 9.17) is 4.74 Å². The average Bonchev–Trinajstić information content (AvgIpc) is 2.59. The number of sulfone groups is 1. The van der Waals surface area contributed by atoms with Crippen molar-refractivity contribution >= 4 is 15.7 Å². The van der Waals surface area contributed by atoms with E-state index in [1.54, 1.807) is 42.5 Å². The lowest BCUT2D eigenvalue weighted by Crippen LogP contribution is -2.28. The zero-order valence-electron chi connectivity index (χ0n) is 15.5. The molecule has 1 N–H and O–H groups in total. The molecule has 6 heteroatoms. The highest BCUT2D eigenvalue weighted by atomic mass is 32.2. The van der Waals surface area contributed by atoms with Crippen molar-refractivity contribution < 1.29 is 17.9 Å². The summed E-state index contributed by atoms with van der Waals surface area (Å²) in [4.78, 5) is 13.0. The van der Waals surface area contributed by atoms with Crippen LogP contribution in [0.15, 0.2) is 53.4 Å². The Bertz CT molecular complexity index is 858. The fraction of sp³-hybridized carbons (Fsp3) is 0.350. The average molecular weight is 375 g/mol. The molecule has 0 heterocycles. The predicted molar refractivity (Wildman–Crippen MR) is 102 cm³/mol. The summed E-state index contributed by atoms with van der Waals surface area (Å²) < 4.78 is 28.9. The molecule has 0 saturated heterocycles. The van der Waals surface area contributed by atoms with Gasteiger partial charge in [0.2, 0.25) is 0 Å². The van der Waals surface area contributed by atoms with E-state index < -0.39 is 9.84 Å². The standard InChI is InChI=1S/C20H25NO4S/c1-5-18(15-10-12-16(13-11-15)26(4,23)24)21-20(22)17-8-6-7-9-19(17)25-14(2)3/h6-14,18H,5H2,1-4H3,(H,21,22). The van der Waals surface area contributed by atoms with Crippen molar-refractivity contribution in [2.45, 2.75) is 44.2 Å². The van der Waals surface area contributed by atoms with Crippen LogP contribution in [0, 0.1) is 0 Å². The van der Waals surface area contributed by atoms with Gasteiger partial charge in [0.15, 0.2) is 9.84 Å². The molecule has 0 aliphatic carbocycles. The molecule has 0 saturated carbocycles. The molecular formula is C20H25NO4S. The summed E-state index contributed by atoms with van der Waals surface area (Å²) in [5.74, 6) is 0.322. The maximum atomic E-state index is 12.7. The molecule has 0 spiro atoms. The van der Waals surface area contributed by atoms with Crippen LogP contribution in [0.25, 0.3) is 0 Å². The molecule has 0 radical (unpaired) electrons. The van der Waals surface area contributed by atoms with Crippen molar-refractivity contribution in [1.29, 1.82) is 0 Å². The Balaban J connectivity index is 2.21. The van der Waals surface area contributed by atoms with Gasteiger partial charge in [0.25, 0.3) is 5.91 Å². The fourth-order valence-electron chi connectivity index (χ4n) is 2.62. The van der Waals surface area contributed by atoms with Crippen molar-refractivity contribution in [3.8, 4) is 5.75 Å². The maximum Gasteiger partial charge on any atom is 0.255 e. The molecule has 0 aliphatic rings. The first-order valence-corrected chi connectivity index (χ1v) is 10.5. The van der Waals surface area contributed by atoms with E-state index in [0.717, 1.165) is 5.56 Å². The number of benzene rings is 2. The van der Waals surface area contributed by atoms with Gasteiger partial charge in [-0.2, -0.15) is 0 Å². The van der Waals surface area contributed by atoms with Crippen LogP contribution in [0.5, 0.6) is 5.75 Å². The first-order chi connectivity index (χ1) is 12.2. The van der Waals surface area contributed by atoms with E-state index in [-0.39, 0.29) is 22.9 Å². The summed E-state index contributed by atoms with van der Waals surface area (Å²) in [5, 5.41) is 3.00. The number of hydrogen-bond acceptors (Lipinski definition) is 4. The summed E-state index contributed by atoms with van der Waals surface area (Å²) in [6, 6.07) is 13.5. The Labute approximate surface area is 155 Å². The van der Waals surface area contributed by atoms with Crippen molar-refractivity contribution in [3.63, 3.8) is 0 Å². The van der Waals surface area contributed by atoms with Crippen LogP contribution < -0.4 is 10.1 Å². The van der Waals surface area contributed by atoms with Gasteiger partial charge in [-0.1, -0.05) is 31.2 Å². The number of carbonyl (C=O) groups excluding carboxylic acids is 1. The van der Waals surface area contributed by atoms with E-state index >= 15 is 0 Å². The molecule has 0 aliphatic heterocycles. The molecule has 5 nitrogen and oxygen atoms in total. The van der Waals surface area contributed by atoms with E-state index in [1.807, 2.05) is 26.8 Å². The number of rotatable bonds is 7. The minimum atomic E-state index is -3.24. The minimum absolute atomic E-state index is 0.0329. The third-order valence-electron chi connectivity index (χ3n) is 3.92. The van der Waals surface area contributed by atoms with Gasteiger partial charge in [0, 0.05) is 6.26 Å². The van der Waals surface area contributed by atoms with Crippen LogP contribution in [0.3, 0.4) is 0 Å². The highest BCUT2D eigenvalue weighted by Crippen LogP contribution is 2.23. The normalized spacial score (nSPS) is 12.7. The third kappa shape index (κ3) is 5.08. The Morgan fingerprint density at radius 1 is 1.08 bits per heavy atom. The molecule has 2 aromatic carbocycles. The topological polar surface area (TPSA) is 72.5 Å². The summed E-state index contributed by atoms with van der Waals surface area (Å²) in [7, 11) is -3.24. The molecule has 26 heavy (non-hydrogen) atoms. The van der Waals surface area contributed by atoms with Gasteiger partial charge in [-0.3, -0.25) is 4.79 Å². The van der Waals surface area contributed by atoms with E-state index in [2.05, 4.69) is 5.32 Å². The molecule has 2 rings (SSSR count). The molecule has 140 valence electrons. The molecule has 0 fully saturated rings. The van der Waals surface area contributed by atoms with Gasteiger partial charge in [0.1, 0.15) is 5.75 Å². The molecule has 0 bridgehead atoms. The van der Waals surface area contributed by atoms with Crippen molar-refractivity contribution in [2.75, 3.05) is 6.26 Å². The summed E-state index contributed by atoms with van der Waals surface area (Å²) >= 11 is 0. The van der Waals surface area contributed by atoms with Gasteiger partial charge in [-0.25, -0.2) is 8.42 Å². The van der Waals surface area contributed by atoms with Crippen LogP contribution in [0.4, 0.5) is 0 Å². The van der Waals surface area contributed by atoms with Crippen LogP contribution >= 0.6 is 0 Å². The maximum absolute atomic E-state index is 12.7. The lowest BCUT2D eigenvalue weighted by atomic mass is 10.0. The minimum Gasteiger partial charge on any atom is -0.490 e. The SMILES string of the molecule is CCC(NC(=O)c1ccccc1OC(C)C)c1ccc(S(C)(=O)=O)cc1. The molecule has 1 unspecified atom stereocenters. The second-order valence-electron chi connectivity index (χ2n) is 6.44. The monoisotopic (exact) mass is 375 g/mol. The number of ether oxygens (including phenoxy) is 1. The smallest absolute Gasteiger partial charge is 0.255 e. The largest absolute Gasteiger partial charge is 0.490 e. The van der Waals surface area contributed by atoms with E-state index in [1.165, 1.54) is 6.26 Å². The van der Waals surface area contributed by atoms with Gasteiger partial charge >= 0.3 is 0 Å². The first kappa shape index (κ1) is 20.0.